The maximum atomic E-state index is 11.1. The van der Waals surface area contributed by atoms with Gasteiger partial charge >= 0.3 is 5.97 Å². The number of terminal acetylenes is 1. The van der Waals surface area contributed by atoms with Crippen LogP contribution < -0.4 is 4.90 Å². The second-order valence-corrected chi connectivity index (χ2v) is 5.54. The Morgan fingerprint density at radius 2 is 2.19 bits per heavy atom. The molecule has 112 valence electrons. The van der Waals surface area contributed by atoms with E-state index in [4.69, 9.17) is 6.42 Å². The highest BCUT2D eigenvalue weighted by Gasteiger charge is 2.18. The Kier molecular flexibility index (Phi) is 5.84. The van der Waals surface area contributed by atoms with Crippen molar-refractivity contribution in [2.45, 2.75) is 5.03 Å². The first-order valence-electron chi connectivity index (χ1n) is 6.65. The first-order valence-corrected chi connectivity index (χ1v) is 7.64. The van der Waals surface area contributed by atoms with Gasteiger partial charge in [0.1, 0.15) is 10.8 Å². The molecule has 0 atom stereocenters. The van der Waals surface area contributed by atoms with Gasteiger partial charge in [-0.05, 0) is 0 Å². The van der Waals surface area contributed by atoms with Crippen molar-refractivity contribution in [3.8, 4) is 12.3 Å². The lowest BCUT2D eigenvalue weighted by Crippen LogP contribution is -2.46. The summed E-state index contributed by atoms with van der Waals surface area (Å²) < 4.78 is 4.61. The van der Waals surface area contributed by atoms with E-state index in [0.717, 1.165) is 37.0 Å². The molecule has 21 heavy (non-hydrogen) atoms. The summed E-state index contributed by atoms with van der Waals surface area (Å²) in [5.41, 5.74) is 0. The average molecular weight is 306 g/mol. The lowest BCUT2D eigenvalue weighted by molar-refractivity contribution is -0.137. The molecule has 0 N–H and O–H groups in total. The largest absolute Gasteiger partial charge is 0.468 e. The molecule has 0 unspecified atom stereocenters. The standard InChI is InChI=1S/C14H18N4O2S/c1-3-4-17-5-7-18(8-6-17)12-9-15-10-13(16-12)21-11-14(19)20-2/h1,9-10H,4-8,11H2,2H3. The van der Waals surface area contributed by atoms with E-state index in [9.17, 15) is 4.79 Å². The van der Waals surface area contributed by atoms with Crippen LogP contribution in [0.25, 0.3) is 0 Å². The predicted octanol–water partition coefficient (Wildman–Crippen LogP) is 0.497. The number of nitrogens with zero attached hydrogens (tertiary/aromatic N) is 4. The topological polar surface area (TPSA) is 58.6 Å². The normalized spacial score (nSPS) is 15.5. The molecule has 7 heteroatoms. The minimum atomic E-state index is -0.268. The number of ether oxygens (including phenoxy) is 1. The van der Waals surface area contributed by atoms with Gasteiger partial charge in [0.2, 0.25) is 0 Å². The summed E-state index contributed by atoms with van der Waals surface area (Å²) in [5, 5.41) is 0.726. The fourth-order valence-corrected chi connectivity index (χ4v) is 2.69. The third-order valence-electron chi connectivity index (χ3n) is 3.18. The second-order valence-electron chi connectivity index (χ2n) is 4.55. The molecule has 0 amide bonds. The van der Waals surface area contributed by atoms with Gasteiger partial charge in [-0.2, -0.15) is 0 Å². The zero-order chi connectivity index (χ0) is 15.1. The SMILES string of the molecule is C#CCN1CCN(c2cncc(SCC(=O)OC)n2)CC1. The number of hydrogen-bond donors (Lipinski definition) is 0. The summed E-state index contributed by atoms with van der Waals surface area (Å²) in [6.45, 7) is 4.29. The fourth-order valence-electron chi connectivity index (χ4n) is 2.02. The van der Waals surface area contributed by atoms with Crippen LogP contribution >= 0.6 is 11.8 Å². The third-order valence-corrected chi connectivity index (χ3v) is 4.05. The average Bonchev–Trinajstić information content (AvgIpc) is 2.54. The zero-order valence-electron chi connectivity index (χ0n) is 12.0. The number of aromatic nitrogens is 2. The van der Waals surface area contributed by atoms with Gasteiger partial charge in [0, 0.05) is 26.2 Å². The smallest absolute Gasteiger partial charge is 0.316 e. The molecule has 1 saturated heterocycles. The van der Waals surface area contributed by atoms with Crippen molar-refractivity contribution in [2.24, 2.45) is 0 Å². The Hall–Kier alpha value is -1.78. The molecule has 1 aliphatic heterocycles. The minimum absolute atomic E-state index is 0.241. The molecule has 0 aliphatic carbocycles. The molecule has 2 rings (SSSR count). The van der Waals surface area contributed by atoms with Gasteiger partial charge in [-0.15, -0.1) is 6.42 Å². The molecule has 1 aliphatic rings. The molecule has 0 radical (unpaired) electrons. The Morgan fingerprint density at radius 3 is 2.86 bits per heavy atom. The highest BCUT2D eigenvalue weighted by molar-refractivity contribution is 7.99. The summed E-state index contributed by atoms with van der Waals surface area (Å²) in [6, 6.07) is 0. The van der Waals surface area contributed by atoms with Crippen molar-refractivity contribution in [3.63, 3.8) is 0 Å². The van der Waals surface area contributed by atoms with Gasteiger partial charge < -0.3 is 9.64 Å². The summed E-state index contributed by atoms with van der Waals surface area (Å²) in [4.78, 5) is 24.3. The fraction of sp³-hybridized carbons (Fsp3) is 0.500. The van der Waals surface area contributed by atoms with E-state index in [0.29, 0.717) is 6.54 Å². The number of piperazine rings is 1. The Balaban J connectivity index is 1.92. The molecule has 0 saturated carbocycles. The van der Waals surface area contributed by atoms with Crippen LogP contribution in [0.3, 0.4) is 0 Å². The Labute approximate surface area is 128 Å². The van der Waals surface area contributed by atoms with Crippen LogP contribution in [0.2, 0.25) is 0 Å². The predicted molar refractivity (Wildman–Crippen MR) is 82.3 cm³/mol. The molecule has 1 aromatic heterocycles. The Bertz CT molecular complexity index is 524. The van der Waals surface area contributed by atoms with Gasteiger partial charge in [-0.3, -0.25) is 14.7 Å². The number of esters is 1. The highest BCUT2D eigenvalue weighted by Crippen LogP contribution is 2.19. The Morgan fingerprint density at radius 1 is 1.43 bits per heavy atom. The molecule has 0 aromatic carbocycles. The van der Waals surface area contributed by atoms with Crippen LogP contribution in [0.15, 0.2) is 17.4 Å². The van der Waals surface area contributed by atoms with Crippen LogP contribution in [-0.4, -0.2) is 66.4 Å². The number of anilines is 1. The molecular weight excluding hydrogens is 288 g/mol. The van der Waals surface area contributed by atoms with E-state index in [2.05, 4.69) is 30.4 Å². The maximum absolute atomic E-state index is 11.1. The van der Waals surface area contributed by atoms with Gasteiger partial charge in [0.05, 0.1) is 31.8 Å². The number of carbonyl (C=O) groups excluding carboxylic acids is 1. The quantitative estimate of drug-likeness (QED) is 0.446. The molecular formula is C14H18N4O2S. The first kappa shape index (κ1) is 15.6. The first-order chi connectivity index (χ1) is 10.2. The lowest BCUT2D eigenvalue weighted by Gasteiger charge is -2.34. The third kappa shape index (κ3) is 4.62. The van der Waals surface area contributed by atoms with E-state index >= 15 is 0 Å². The van der Waals surface area contributed by atoms with Crippen LogP contribution in [0.4, 0.5) is 5.82 Å². The van der Waals surface area contributed by atoms with Crippen molar-refractivity contribution in [1.82, 2.24) is 14.9 Å². The zero-order valence-corrected chi connectivity index (χ0v) is 12.8. The maximum Gasteiger partial charge on any atom is 0.316 e. The van der Waals surface area contributed by atoms with Crippen molar-refractivity contribution >= 4 is 23.5 Å². The van der Waals surface area contributed by atoms with Gasteiger partial charge in [-0.1, -0.05) is 17.7 Å². The van der Waals surface area contributed by atoms with Crippen LogP contribution in [0.5, 0.6) is 0 Å². The van der Waals surface area contributed by atoms with Gasteiger partial charge in [0.15, 0.2) is 0 Å². The molecule has 2 heterocycles. The van der Waals surface area contributed by atoms with Crippen LogP contribution in [-0.2, 0) is 9.53 Å². The highest BCUT2D eigenvalue weighted by atomic mass is 32.2. The van der Waals surface area contributed by atoms with Gasteiger partial charge in [-0.25, -0.2) is 4.98 Å². The van der Waals surface area contributed by atoms with Crippen molar-refractivity contribution in [1.29, 1.82) is 0 Å². The lowest BCUT2D eigenvalue weighted by atomic mass is 10.3. The summed E-state index contributed by atoms with van der Waals surface area (Å²) in [6.07, 6.45) is 8.73. The van der Waals surface area contributed by atoms with Crippen molar-refractivity contribution in [3.05, 3.63) is 12.4 Å². The molecule has 6 nitrogen and oxygen atoms in total. The number of rotatable bonds is 5. The number of thioether (sulfide) groups is 1. The van der Waals surface area contributed by atoms with Crippen molar-refractivity contribution in [2.75, 3.05) is 50.5 Å². The van der Waals surface area contributed by atoms with E-state index in [1.807, 2.05) is 0 Å². The molecule has 0 spiro atoms. The summed E-state index contributed by atoms with van der Waals surface area (Å²) in [7, 11) is 1.38. The molecule has 0 bridgehead atoms. The van der Waals surface area contributed by atoms with Crippen molar-refractivity contribution < 1.29 is 9.53 Å². The summed E-state index contributed by atoms with van der Waals surface area (Å²) >= 11 is 1.33. The monoisotopic (exact) mass is 306 g/mol. The van der Waals surface area contributed by atoms with E-state index in [-0.39, 0.29) is 11.7 Å². The van der Waals surface area contributed by atoms with Crippen LogP contribution in [0, 0.1) is 12.3 Å². The van der Waals surface area contributed by atoms with Gasteiger partial charge in [0.25, 0.3) is 0 Å². The molecule has 1 aromatic rings. The second kappa shape index (κ2) is 7.86. The number of hydrogen-bond acceptors (Lipinski definition) is 7. The van der Waals surface area contributed by atoms with E-state index in [1.165, 1.54) is 18.9 Å². The minimum Gasteiger partial charge on any atom is -0.468 e. The molecule has 1 fully saturated rings. The van der Waals surface area contributed by atoms with Crippen LogP contribution in [0.1, 0.15) is 0 Å². The van der Waals surface area contributed by atoms with E-state index < -0.39 is 0 Å². The number of methoxy groups -OCH3 is 1. The number of carbonyl (C=O) groups is 1. The summed E-state index contributed by atoms with van der Waals surface area (Å²) in [5.74, 6) is 3.48. The van der Waals surface area contributed by atoms with E-state index in [1.54, 1.807) is 12.4 Å².